The third-order valence-electron chi connectivity index (χ3n) is 5.05. The van der Waals surface area contributed by atoms with E-state index >= 15 is 0 Å². The highest BCUT2D eigenvalue weighted by Gasteiger charge is 2.17. The second-order valence-electron chi connectivity index (χ2n) is 7.20. The van der Waals surface area contributed by atoms with Crippen LogP contribution < -0.4 is 9.47 Å². The number of benzene rings is 1. The maximum absolute atomic E-state index is 10.3. The highest BCUT2D eigenvalue weighted by molar-refractivity contribution is 5.43. The minimum Gasteiger partial charge on any atom is -0.493 e. The third kappa shape index (κ3) is 5.84. The number of hydrogen-bond donors (Lipinski definition) is 1. The second kappa shape index (κ2) is 10.1. The zero-order valence-electron chi connectivity index (χ0n) is 15.9. The molecule has 1 N–H and O–H groups in total. The molecule has 2 aliphatic rings. The largest absolute Gasteiger partial charge is 0.493 e. The van der Waals surface area contributed by atoms with E-state index in [9.17, 15) is 5.11 Å². The number of aliphatic hydroxyl groups excluding tert-OH is 1. The zero-order valence-corrected chi connectivity index (χ0v) is 15.9. The summed E-state index contributed by atoms with van der Waals surface area (Å²) in [6, 6.07) is 6.07. The Morgan fingerprint density at radius 3 is 2.65 bits per heavy atom. The molecule has 0 radical (unpaired) electrons. The normalized spacial score (nSPS) is 20.7. The molecule has 2 fully saturated rings. The molecule has 3 rings (SSSR count). The maximum Gasteiger partial charge on any atom is 0.161 e. The fraction of sp³-hybridized carbons (Fsp3) is 0.700. The highest BCUT2D eigenvalue weighted by atomic mass is 16.5. The summed E-state index contributed by atoms with van der Waals surface area (Å²) in [5, 5.41) is 10.3. The Balaban J connectivity index is 1.55. The Morgan fingerprint density at radius 1 is 1.04 bits per heavy atom. The molecule has 0 aromatic heterocycles. The van der Waals surface area contributed by atoms with Crippen molar-refractivity contribution in [3.05, 3.63) is 23.8 Å². The minimum atomic E-state index is -0.482. The van der Waals surface area contributed by atoms with Gasteiger partial charge < -0.3 is 24.2 Å². The van der Waals surface area contributed by atoms with Crippen LogP contribution in [0.5, 0.6) is 11.5 Å². The van der Waals surface area contributed by atoms with E-state index in [1.165, 1.54) is 18.4 Å². The van der Waals surface area contributed by atoms with Crippen LogP contribution in [0.3, 0.4) is 0 Å². The molecule has 1 aromatic rings. The van der Waals surface area contributed by atoms with Gasteiger partial charge in [0.2, 0.25) is 0 Å². The average molecular weight is 364 g/mol. The van der Waals surface area contributed by atoms with Gasteiger partial charge in [-0.2, -0.15) is 0 Å². The zero-order chi connectivity index (χ0) is 18.2. The van der Waals surface area contributed by atoms with Crippen molar-refractivity contribution in [1.82, 2.24) is 9.80 Å². The highest BCUT2D eigenvalue weighted by Crippen LogP contribution is 2.29. The predicted molar refractivity (Wildman–Crippen MR) is 101 cm³/mol. The van der Waals surface area contributed by atoms with Gasteiger partial charge in [-0.3, -0.25) is 4.90 Å². The number of hydrogen-bond acceptors (Lipinski definition) is 6. The molecule has 0 amide bonds. The van der Waals surface area contributed by atoms with Crippen LogP contribution in [-0.2, 0) is 11.3 Å². The molecule has 0 unspecified atom stereocenters. The summed E-state index contributed by atoms with van der Waals surface area (Å²) in [5.41, 5.74) is 1.19. The number of ether oxygens (including phenoxy) is 3. The molecule has 6 heteroatoms. The van der Waals surface area contributed by atoms with Gasteiger partial charge >= 0.3 is 0 Å². The first kappa shape index (κ1) is 19.4. The number of aliphatic hydroxyl groups is 1. The summed E-state index contributed by atoms with van der Waals surface area (Å²) in [4.78, 5) is 4.70. The van der Waals surface area contributed by atoms with Crippen molar-refractivity contribution in [3.63, 3.8) is 0 Å². The van der Waals surface area contributed by atoms with Crippen LogP contribution in [0.15, 0.2) is 18.2 Å². The fourth-order valence-electron chi connectivity index (χ4n) is 3.65. The first-order valence-corrected chi connectivity index (χ1v) is 9.75. The van der Waals surface area contributed by atoms with Gasteiger partial charge in [-0.05, 0) is 50.0 Å². The van der Waals surface area contributed by atoms with Crippen LogP contribution in [0.2, 0.25) is 0 Å². The summed E-state index contributed by atoms with van der Waals surface area (Å²) >= 11 is 0. The van der Waals surface area contributed by atoms with Crippen molar-refractivity contribution in [2.24, 2.45) is 0 Å². The molecular formula is C20H32N2O4. The van der Waals surface area contributed by atoms with Crippen LogP contribution in [0.1, 0.15) is 24.8 Å². The number of nitrogens with zero attached hydrogens (tertiary/aromatic N) is 2. The molecule has 0 spiro atoms. The summed E-state index contributed by atoms with van der Waals surface area (Å²) in [5.74, 6) is 1.41. The molecule has 1 aromatic carbocycles. The number of methoxy groups -OCH3 is 1. The van der Waals surface area contributed by atoms with E-state index in [4.69, 9.17) is 14.2 Å². The lowest BCUT2D eigenvalue weighted by Gasteiger charge is -2.22. The summed E-state index contributed by atoms with van der Waals surface area (Å²) < 4.78 is 16.9. The minimum absolute atomic E-state index is 0.286. The van der Waals surface area contributed by atoms with E-state index < -0.39 is 6.10 Å². The van der Waals surface area contributed by atoms with Gasteiger partial charge in [0.25, 0.3) is 0 Å². The lowest BCUT2D eigenvalue weighted by Crippen LogP contribution is -2.33. The standard InChI is InChI=1S/C20H32N2O4/c1-24-19-6-5-17(14-22-9-4-11-25-12-10-22)13-20(19)26-16-18(23)15-21-7-2-3-8-21/h5-6,13,18,23H,2-4,7-12,14-16H2,1H3/t18-/m0/s1. The lowest BCUT2D eigenvalue weighted by atomic mass is 10.2. The molecule has 1 atom stereocenters. The van der Waals surface area contributed by atoms with Crippen molar-refractivity contribution < 1.29 is 19.3 Å². The van der Waals surface area contributed by atoms with Crippen molar-refractivity contribution in [3.8, 4) is 11.5 Å². The molecule has 146 valence electrons. The van der Waals surface area contributed by atoms with Gasteiger partial charge in [0, 0.05) is 32.8 Å². The fourth-order valence-corrected chi connectivity index (χ4v) is 3.65. The Hall–Kier alpha value is -1.34. The summed E-state index contributed by atoms with van der Waals surface area (Å²) in [6.45, 7) is 7.65. The van der Waals surface area contributed by atoms with Crippen LogP contribution in [0, 0.1) is 0 Å². The molecular weight excluding hydrogens is 332 g/mol. The van der Waals surface area contributed by atoms with E-state index in [2.05, 4.69) is 15.9 Å². The number of likely N-dealkylation sites (tertiary alicyclic amines) is 1. The van der Waals surface area contributed by atoms with Gasteiger partial charge in [0.05, 0.1) is 13.7 Å². The van der Waals surface area contributed by atoms with Gasteiger partial charge in [0.15, 0.2) is 11.5 Å². The van der Waals surface area contributed by atoms with Crippen molar-refractivity contribution in [1.29, 1.82) is 0 Å². The summed E-state index contributed by atoms with van der Waals surface area (Å²) in [6.07, 6.45) is 3.04. The van der Waals surface area contributed by atoms with Crippen LogP contribution in [0.25, 0.3) is 0 Å². The van der Waals surface area contributed by atoms with E-state index in [1.807, 2.05) is 12.1 Å². The third-order valence-corrected chi connectivity index (χ3v) is 5.05. The Morgan fingerprint density at radius 2 is 1.85 bits per heavy atom. The van der Waals surface area contributed by atoms with Gasteiger partial charge in [0.1, 0.15) is 12.7 Å². The van der Waals surface area contributed by atoms with E-state index in [0.29, 0.717) is 18.0 Å². The van der Waals surface area contributed by atoms with Gasteiger partial charge in [-0.25, -0.2) is 0 Å². The molecule has 6 nitrogen and oxygen atoms in total. The smallest absolute Gasteiger partial charge is 0.161 e. The van der Waals surface area contributed by atoms with Crippen LogP contribution >= 0.6 is 0 Å². The first-order chi connectivity index (χ1) is 12.7. The molecule has 0 bridgehead atoms. The Bertz CT molecular complexity index is 541. The molecule has 26 heavy (non-hydrogen) atoms. The van der Waals surface area contributed by atoms with Crippen molar-refractivity contribution in [2.75, 3.05) is 59.7 Å². The maximum atomic E-state index is 10.3. The molecule has 2 aliphatic heterocycles. The van der Waals surface area contributed by atoms with E-state index in [-0.39, 0.29) is 6.61 Å². The topological polar surface area (TPSA) is 54.4 Å². The number of β-amino-alcohol motifs (C(OH)–C–C–N with tert-alkyl or cyclic N) is 1. The molecule has 2 saturated heterocycles. The van der Waals surface area contributed by atoms with Crippen LogP contribution in [0.4, 0.5) is 0 Å². The van der Waals surface area contributed by atoms with Gasteiger partial charge in [-0.1, -0.05) is 6.07 Å². The monoisotopic (exact) mass is 364 g/mol. The molecule has 0 saturated carbocycles. The molecule has 0 aliphatic carbocycles. The average Bonchev–Trinajstić information content (AvgIpc) is 3.02. The number of rotatable bonds is 8. The SMILES string of the molecule is COc1ccc(CN2CCCOCC2)cc1OC[C@@H](O)CN1CCCC1. The predicted octanol–water partition coefficient (Wildman–Crippen LogP) is 1.75. The van der Waals surface area contributed by atoms with E-state index in [0.717, 1.165) is 52.4 Å². The molecule has 2 heterocycles. The van der Waals surface area contributed by atoms with Gasteiger partial charge in [-0.15, -0.1) is 0 Å². The summed E-state index contributed by atoms with van der Waals surface area (Å²) in [7, 11) is 1.65. The second-order valence-corrected chi connectivity index (χ2v) is 7.20. The lowest BCUT2D eigenvalue weighted by molar-refractivity contribution is 0.0746. The Kier molecular flexibility index (Phi) is 7.55. The van der Waals surface area contributed by atoms with Crippen molar-refractivity contribution >= 4 is 0 Å². The quantitative estimate of drug-likeness (QED) is 0.759. The van der Waals surface area contributed by atoms with E-state index in [1.54, 1.807) is 7.11 Å². The van der Waals surface area contributed by atoms with Crippen molar-refractivity contribution in [2.45, 2.75) is 31.9 Å². The van der Waals surface area contributed by atoms with Crippen LogP contribution in [-0.4, -0.2) is 80.7 Å². The Labute approximate surface area is 156 Å². The first-order valence-electron chi connectivity index (χ1n) is 9.75.